The third-order valence-corrected chi connectivity index (χ3v) is 1.91. The number of carbonyl (C=O) groups is 1. The lowest BCUT2D eigenvalue weighted by molar-refractivity contribution is 0.215. The van der Waals surface area contributed by atoms with Crippen LogP contribution in [0.4, 0.5) is 4.79 Å². The van der Waals surface area contributed by atoms with Crippen LogP contribution in [-0.4, -0.2) is 36.1 Å². The second-order valence-electron chi connectivity index (χ2n) is 3.09. The van der Waals surface area contributed by atoms with Gasteiger partial charge in [-0.1, -0.05) is 25.6 Å². The Hall–Kier alpha value is -0.840. The summed E-state index contributed by atoms with van der Waals surface area (Å²) in [7, 11) is 3.36. The number of hydrogen-bond donors (Lipinski definition) is 2. The van der Waals surface area contributed by atoms with Crippen molar-refractivity contribution in [3.8, 4) is 0 Å². The molecular formula is C8H17N3OS. The summed E-state index contributed by atoms with van der Waals surface area (Å²) in [6.07, 6.45) is 1.73. The smallest absolute Gasteiger partial charge is 0.317 e. The second-order valence-corrected chi connectivity index (χ2v) is 3.56. The van der Waals surface area contributed by atoms with E-state index in [-0.39, 0.29) is 12.1 Å². The van der Waals surface area contributed by atoms with Crippen molar-refractivity contribution in [3.05, 3.63) is 0 Å². The lowest BCUT2D eigenvalue weighted by atomic mass is 10.2. The zero-order chi connectivity index (χ0) is 10.4. The molecule has 4 nitrogen and oxygen atoms in total. The predicted molar refractivity (Wildman–Crippen MR) is 57.7 cm³/mol. The number of carbonyl (C=O) groups excluding carboxylic acids is 1. The summed E-state index contributed by atoms with van der Waals surface area (Å²) >= 11 is 4.83. The summed E-state index contributed by atoms with van der Waals surface area (Å²) in [6.45, 7) is 2.02. The molecule has 0 saturated heterocycles. The highest BCUT2D eigenvalue weighted by atomic mass is 32.1. The Morgan fingerprint density at radius 3 is 2.46 bits per heavy atom. The highest BCUT2D eigenvalue weighted by Crippen LogP contribution is 1.97. The van der Waals surface area contributed by atoms with Gasteiger partial charge < -0.3 is 16.0 Å². The minimum Gasteiger partial charge on any atom is -0.392 e. The molecule has 0 bridgehead atoms. The first-order valence-electron chi connectivity index (χ1n) is 4.26. The molecule has 1 atom stereocenters. The molecule has 0 rings (SSSR count). The van der Waals surface area contributed by atoms with Gasteiger partial charge in [-0.2, -0.15) is 0 Å². The van der Waals surface area contributed by atoms with E-state index in [1.54, 1.807) is 14.1 Å². The molecule has 1 unspecified atom stereocenters. The molecule has 0 aliphatic rings. The predicted octanol–water partition coefficient (Wildman–Crippen LogP) is 0.712. The number of rotatable bonds is 4. The van der Waals surface area contributed by atoms with Crippen molar-refractivity contribution in [2.75, 3.05) is 14.1 Å². The van der Waals surface area contributed by atoms with Crippen LogP contribution < -0.4 is 11.1 Å². The summed E-state index contributed by atoms with van der Waals surface area (Å²) in [5.41, 5.74) is 5.47. The Kier molecular flexibility index (Phi) is 5.37. The SMILES string of the molecule is CCCC(NC(=O)N(C)C)C(N)=S. The molecule has 0 radical (unpaired) electrons. The van der Waals surface area contributed by atoms with Gasteiger partial charge in [0.05, 0.1) is 11.0 Å². The van der Waals surface area contributed by atoms with E-state index in [1.807, 2.05) is 6.92 Å². The van der Waals surface area contributed by atoms with Gasteiger partial charge in [0, 0.05) is 14.1 Å². The first-order chi connectivity index (χ1) is 5.99. The van der Waals surface area contributed by atoms with Crippen molar-refractivity contribution in [1.82, 2.24) is 10.2 Å². The van der Waals surface area contributed by atoms with Crippen LogP contribution in [0.5, 0.6) is 0 Å². The summed E-state index contributed by atoms with van der Waals surface area (Å²) in [4.78, 5) is 13.0. The molecule has 0 heterocycles. The van der Waals surface area contributed by atoms with Crippen LogP contribution in [0, 0.1) is 0 Å². The Bertz CT molecular complexity index is 194. The number of nitrogens with zero attached hydrogens (tertiary/aromatic N) is 1. The summed E-state index contributed by atoms with van der Waals surface area (Å²) < 4.78 is 0. The molecule has 3 N–H and O–H groups in total. The number of nitrogens with one attached hydrogen (secondary N) is 1. The summed E-state index contributed by atoms with van der Waals surface area (Å²) in [5.74, 6) is 0. The van der Waals surface area contributed by atoms with Crippen molar-refractivity contribution in [2.24, 2.45) is 5.73 Å². The average molecular weight is 203 g/mol. The topological polar surface area (TPSA) is 58.4 Å². The molecule has 0 aromatic rings. The third-order valence-electron chi connectivity index (χ3n) is 1.62. The van der Waals surface area contributed by atoms with Crippen molar-refractivity contribution >= 4 is 23.2 Å². The van der Waals surface area contributed by atoms with Gasteiger partial charge in [0.1, 0.15) is 0 Å². The van der Waals surface area contributed by atoms with Gasteiger partial charge in [0.15, 0.2) is 0 Å². The standard InChI is InChI=1S/C8H17N3OS/c1-4-5-6(7(9)13)10-8(12)11(2)3/h6H,4-5H2,1-3H3,(H2,9,13)(H,10,12). The van der Waals surface area contributed by atoms with E-state index in [0.29, 0.717) is 4.99 Å². The van der Waals surface area contributed by atoms with Crippen LogP contribution in [0.15, 0.2) is 0 Å². The van der Waals surface area contributed by atoms with E-state index in [2.05, 4.69) is 5.32 Å². The molecule has 76 valence electrons. The van der Waals surface area contributed by atoms with Crippen LogP contribution in [0.25, 0.3) is 0 Å². The van der Waals surface area contributed by atoms with Crippen LogP contribution in [-0.2, 0) is 0 Å². The second kappa shape index (κ2) is 5.75. The average Bonchev–Trinajstić information content (AvgIpc) is 2.03. The monoisotopic (exact) mass is 203 g/mol. The number of urea groups is 1. The maximum atomic E-state index is 11.2. The molecule has 5 heteroatoms. The number of thiocarbonyl (C=S) groups is 1. The van der Waals surface area contributed by atoms with Crippen LogP contribution in [0.2, 0.25) is 0 Å². The fourth-order valence-electron chi connectivity index (χ4n) is 0.852. The Morgan fingerprint density at radius 1 is 1.62 bits per heavy atom. The zero-order valence-corrected chi connectivity index (χ0v) is 9.15. The Labute approximate surface area is 84.5 Å². The van der Waals surface area contributed by atoms with Crippen LogP contribution in [0.1, 0.15) is 19.8 Å². The normalized spacial score (nSPS) is 11.9. The van der Waals surface area contributed by atoms with Gasteiger partial charge in [-0.15, -0.1) is 0 Å². The molecule has 0 fully saturated rings. The number of hydrogen-bond acceptors (Lipinski definition) is 2. The zero-order valence-electron chi connectivity index (χ0n) is 8.33. The summed E-state index contributed by atoms with van der Waals surface area (Å²) in [5, 5.41) is 2.74. The fourth-order valence-corrected chi connectivity index (χ4v) is 1.03. The molecule has 0 aromatic carbocycles. The molecule has 2 amide bonds. The first kappa shape index (κ1) is 12.2. The van der Waals surface area contributed by atoms with Gasteiger partial charge >= 0.3 is 6.03 Å². The maximum absolute atomic E-state index is 11.2. The molecule has 0 aromatic heterocycles. The molecule has 0 saturated carbocycles. The number of amides is 2. The van der Waals surface area contributed by atoms with Gasteiger partial charge in [0.25, 0.3) is 0 Å². The van der Waals surface area contributed by atoms with Crippen molar-refractivity contribution in [2.45, 2.75) is 25.8 Å². The molecule has 0 aliphatic carbocycles. The minimum atomic E-state index is -0.185. The fraction of sp³-hybridized carbons (Fsp3) is 0.750. The maximum Gasteiger partial charge on any atom is 0.317 e. The Balaban J connectivity index is 4.10. The van der Waals surface area contributed by atoms with E-state index in [9.17, 15) is 4.79 Å². The van der Waals surface area contributed by atoms with Crippen molar-refractivity contribution in [1.29, 1.82) is 0 Å². The third kappa shape index (κ3) is 4.67. The molecular weight excluding hydrogens is 186 g/mol. The van der Waals surface area contributed by atoms with Crippen molar-refractivity contribution in [3.63, 3.8) is 0 Å². The molecule has 13 heavy (non-hydrogen) atoms. The molecule has 0 spiro atoms. The van der Waals surface area contributed by atoms with Crippen molar-refractivity contribution < 1.29 is 4.79 Å². The van der Waals surface area contributed by atoms with E-state index < -0.39 is 0 Å². The first-order valence-corrected chi connectivity index (χ1v) is 4.67. The largest absolute Gasteiger partial charge is 0.392 e. The van der Waals surface area contributed by atoms with Crippen LogP contribution in [0.3, 0.4) is 0 Å². The van der Waals surface area contributed by atoms with E-state index in [4.69, 9.17) is 18.0 Å². The van der Waals surface area contributed by atoms with Gasteiger partial charge in [0.2, 0.25) is 0 Å². The lowest BCUT2D eigenvalue weighted by Crippen LogP contribution is -2.47. The van der Waals surface area contributed by atoms with E-state index in [1.165, 1.54) is 4.90 Å². The lowest BCUT2D eigenvalue weighted by Gasteiger charge is -2.19. The van der Waals surface area contributed by atoms with E-state index in [0.717, 1.165) is 12.8 Å². The highest BCUT2D eigenvalue weighted by Gasteiger charge is 2.14. The summed E-state index contributed by atoms with van der Waals surface area (Å²) in [6, 6.07) is -0.346. The minimum absolute atomic E-state index is 0.161. The van der Waals surface area contributed by atoms with E-state index >= 15 is 0 Å². The Morgan fingerprint density at radius 2 is 2.15 bits per heavy atom. The van der Waals surface area contributed by atoms with Gasteiger partial charge in [-0.3, -0.25) is 0 Å². The van der Waals surface area contributed by atoms with Crippen LogP contribution >= 0.6 is 12.2 Å². The highest BCUT2D eigenvalue weighted by molar-refractivity contribution is 7.80. The van der Waals surface area contributed by atoms with Gasteiger partial charge in [-0.25, -0.2) is 4.79 Å². The van der Waals surface area contributed by atoms with Gasteiger partial charge in [-0.05, 0) is 6.42 Å². The quantitative estimate of drug-likeness (QED) is 0.662. The molecule has 0 aliphatic heterocycles. The number of nitrogens with two attached hydrogens (primary N) is 1.